The summed E-state index contributed by atoms with van der Waals surface area (Å²) in [5.41, 5.74) is 10.2. The zero-order valence-electron chi connectivity index (χ0n) is 14.6. The van der Waals surface area contributed by atoms with Crippen molar-refractivity contribution in [3.05, 3.63) is 69.8 Å². The van der Waals surface area contributed by atoms with E-state index in [1.54, 1.807) is 19.2 Å². The summed E-state index contributed by atoms with van der Waals surface area (Å²) in [5, 5.41) is 14.5. The normalized spacial score (nSPS) is 19.1. The monoisotopic (exact) mass is 369 g/mol. The first-order valence-electron chi connectivity index (χ1n) is 8.29. The highest BCUT2D eigenvalue weighted by atomic mass is 16.6. The Morgan fingerprint density at radius 1 is 1.22 bits per heavy atom. The number of hydrazine groups is 1. The molecule has 2 atom stereocenters. The van der Waals surface area contributed by atoms with Gasteiger partial charge in [-0.2, -0.15) is 5.10 Å². The maximum absolute atomic E-state index is 12.2. The molecule has 1 fully saturated rings. The molecule has 1 aliphatic rings. The number of amides is 1. The molecule has 1 aliphatic heterocycles. The third-order valence-electron chi connectivity index (χ3n) is 4.23. The highest BCUT2D eigenvalue weighted by Crippen LogP contribution is 2.24. The summed E-state index contributed by atoms with van der Waals surface area (Å²) < 4.78 is 5.14. The Morgan fingerprint density at radius 2 is 1.93 bits per heavy atom. The summed E-state index contributed by atoms with van der Waals surface area (Å²) in [5.74, 6) is 0.510. The maximum atomic E-state index is 12.2. The minimum atomic E-state index is -0.472. The topological polar surface area (TPSA) is 118 Å². The molecule has 0 bridgehead atoms. The van der Waals surface area contributed by atoms with Crippen molar-refractivity contribution >= 4 is 17.8 Å². The molecule has 0 spiro atoms. The predicted octanol–water partition coefficient (Wildman–Crippen LogP) is 1.66. The van der Waals surface area contributed by atoms with Crippen molar-refractivity contribution in [3.63, 3.8) is 0 Å². The van der Waals surface area contributed by atoms with Gasteiger partial charge in [0.2, 0.25) is 0 Å². The Kier molecular flexibility index (Phi) is 5.74. The highest BCUT2D eigenvalue weighted by Gasteiger charge is 2.29. The molecular weight excluding hydrogens is 350 g/mol. The fourth-order valence-electron chi connectivity index (χ4n) is 2.71. The van der Waals surface area contributed by atoms with Gasteiger partial charge in [-0.3, -0.25) is 14.9 Å². The highest BCUT2D eigenvalue weighted by molar-refractivity contribution is 5.85. The van der Waals surface area contributed by atoms with Gasteiger partial charge in [-0.25, -0.2) is 16.3 Å². The lowest BCUT2D eigenvalue weighted by Crippen LogP contribution is -2.41. The second-order valence-electron chi connectivity index (χ2n) is 5.99. The van der Waals surface area contributed by atoms with E-state index in [4.69, 9.17) is 4.74 Å². The molecule has 0 saturated carbocycles. The fraction of sp³-hybridized carbons (Fsp3) is 0.222. The summed E-state index contributed by atoms with van der Waals surface area (Å²) >= 11 is 0. The van der Waals surface area contributed by atoms with E-state index < -0.39 is 11.0 Å². The van der Waals surface area contributed by atoms with E-state index in [2.05, 4.69) is 21.4 Å². The average molecular weight is 369 g/mol. The van der Waals surface area contributed by atoms with Crippen LogP contribution in [0.3, 0.4) is 0 Å². The van der Waals surface area contributed by atoms with Crippen LogP contribution < -0.4 is 21.0 Å². The smallest absolute Gasteiger partial charge is 0.269 e. The van der Waals surface area contributed by atoms with Crippen molar-refractivity contribution in [1.29, 1.82) is 0 Å². The first-order chi connectivity index (χ1) is 13.1. The number of nitrogens with one attached hydrogen (secondary N) is 3. The summed E-state index contributed by atoms with van der Waals surface area (Å²) in [6.45, 7) is 0. The number of ether oxygens (including phenoxy) is 1. The first kappa shape index (κ1) is 18.5. The number of carbonyl (C=O) groups excluding carboxylic acids is 1. The lowest BCUT2D eigenvalue weighted by Gasteiger charge is -2.10. The van der Waals surface area contributed by atoms with E-state index in [0.717, 1.165) is 11.3 Å². The zero-order valence-corrected chi connectivity index (χ0v) is 14.6. The number of hydrogen-bond donors (Lipinski definition) is 3. The summed E-state index contributed by atoms with van der Waals surface area (Å²) in [6.07, 6.45) is 2.01. The Morgan fingerprint density at radius 3 is 2.56 bits per heavy atom. The number of nitro groups is 1. The van der Waals surface area contributed by atoms with Crippen LogP contribution in [0.15, 0.2) is 53.6 Å². The zero-order chi connectivity index (χ0) is 19.2. The van der Waals surface area contributed by atoms with Crippen molar-refractivity contribution in [3.8, 4) is 5.75 Å². The number of benzene rings is 2. The molecule has 0 radical (unpaired) electrons. The van der Waals surface area contributed by atoms with E-state index in [-0.39, 0.29) is 17.6 Å². The van der Waals surface area contributed by atoms with Gasteiger partial charge in [0.15, 0.2) is 0 Å². The van der Waals surface area contributed by atoms with Gasteiger partial charge in [0.1, 0.15) is 11.8 Å². The Balaban J connectivity index is 1.51. The van der Waals surface area contributed by atoms with E-state index in [1.165, 1.54) is 18.3 Å². The number of nitrogens with zero attached hydrogens (tertiary/aromatic N) is 2. The van der Waals surface area contributed by atoms with Gasteiger partial charge in [-0.1, -0.05) is 12.1 Å². The molecule has 1 amide bonds. The predicted molar refractivity (Wildman–Crippen MR) is 99.2 cm³/mol. The number of methoxy groups -OCH3 is 1. The second-order valence-corrected chi connectivity index (χ2v) is 5.99. The van der Waals surface area contributed by atoms with Gasteiger partial charge < -0.3 is 4.74 Å². The molecule has 9 nitrogen and oxygen atoms in total. The molecule has 3 N–H and O–H groups in total. The van der Waals surface area contributed by atoms with Crippen LogP contribution in [0, 0.1) is 10.1 Å². The van der Waals surface area contributed by atoms with Crippen molar-refractivity contribution in [1.82, 2.24) is 16.3 Å². The van der Waals surface area contributed by atoms with Crippen molar-refractivity contribution in [2.75, 3.05) is 7.11 Å². The van der Waals surface area contributed by atoms with Crippen LogP contribution >= 0.6 is 0 Å². The van der Waals surface area contributed by atoms with Crippen LogP contribution in [-0.2, 0) is 4.79 Å². The minimum absolute atomic E-state index is 0.00184. The SMILES string of the molecule is COc1ccc(C2CC(C(=O)N/N=C/c3ccc([N+](=O)[O-])cc3)NN2)cc1. The van der Waals surface area contributed by atoms with Crippen molar-refractivity contribution in [2.24, 2.45) is 5.10 Å². The quantitative estimate of drug-likeness (QED) is 0.405. The molecule has 27 heavy (non-hydrogen) atoms. The average Bonchev–Trinajstić information content (AvgIpc) is 3.19. The van der Waals surface area contributed by atoms with Gasteiger partial charge >= 0.3 is 0 Å². The molecule has 2 aromatic carbocycles. The van der Waals surface area contributed by atoms with Crippen LogP contribution in [-0.4, -0.2) is 30.2 Å². The van der Waals surface area contributed by atoms with Gasteiger partial charge in [-0.05, 0) is 41.8 Å². The Hall–Kier alpha value is -3.30. The lowest BCUT2D eigenvalue weighted by atomic mass is 10.0. The van der Waals surface area contributed by atoms with Crippen LogP contribution in [0.2, 0.25) is 0 Å². The minimum Gasteiger partial charge on any atom is -0.497 e. The fourth-order valence-corrected chi connectivity index (χ4v) is 2.71. The van der Waals surface area contributed by atoms with Crippen molar-refractivity contribution in [2.45, 2.75) is 18.5 Å². The number of hydrazone groups is 1. The van der Waals surface area contributed by atoms with E-state index >= 15 is 0 Å². The van der Waals surface area contributed by atoms with E-state index in [0.29, 0.717) is 12.0 Å². The molecule has 0 aromatic heterocycles. The summed E-state index contributed by atoms with van der Waals surface area (Å²) in [4.78, 5) is 22.4. The van der Waals surface area contributed by atoms with Gasteiger partial charge in [0.25, 0.3) is 11.6 Å². The maximum Gasteiger partial charge on any atom is 0.269 e. The van der Waals surface area contributed by atoms with E-state index in [9.17, 15) is 14.9 Å². The Labute approximate surface area is 155 Å². The van der Waals surface area contributed by atoms with Crippen LogP contribution in [0.5, 0.6) is 5.75 Å². The Bertz CT molecular complexity index is 836. The van der Waals surface area contributed by atoms with E-state index in [1.807, 2.05) is 24.3 Å². The second kappa shape index (κ2) is 8.39. The summed E-state index contributed by atoms with van der Waals surface area (Å²) in [7, 11) is 1.61. The number of rotatable bonds is 6. The van der Waals surface area contributed by atoms with Crippen molar-refractivity contribution < 1.29 is 14.5 Å². The standard InChI is InChI=1S/C18H19N5O4/c1-27-15-8-4-13(5-9-15)16-10-17(21-20-16)18(24)22-19-11-12-2-6-14(7-3-12)23(25)26/h2-9,11,16-17,20-21H,10H2,1H3,(H,22,24)/b19-11+. The number of hydrogen-bond acceptors (Lipinski definition) is 7. The number of carbonyl (C=O) groups is 1. The van der Waals surface area contributed by atoms with Gasteiger partial charge in [-0.15, -0.1) is 0 Å². The molecule has 0 aliphatic carbocycles. The molecule has 1 heterocycles. The molecule has 140 valence electrons. The molecule has 9 heteroatoms. The third kappa shape index (κ3) is 4.66. The molecule has 3 rings (SSSR count). The summed E-state index contributed by atoms with van der Waals surface area (Å²) in [6, 6.07) is 13.1. The molecule has 2 unspecified atom stereocenters. The number of nitro benzene ring substituents is 1. The molecule has 2 aromatic rings. The van der Waals surface area contributed by atoms with Crippen LogP contribution in [0.25, 0.3) is 0 Å². The lowest BCUT2D eigenvalue weighted by molar-refractivity contribution is -0.384. The molecule has 1 saturated heterocycles. The molecular formula is C18H19N5O4. The largest absolute Gasteiger partial charge is 0.497 e. The van der Waals surface area contributed by atoms with Gasteiger partial charge in [0.05, 0.1) is 18.2 Å². The number of non-ortho nitro benzene ring substituents is 1. The van der Waals surface area contributed by atoms with Crippen LogP contribution in [0.1, 0.15) is 23.6 Å². The first-order valence-corrected chi connectivity index (χ1v) is 8.29. The third-order valence-corrected chi connectivity index (χ3v) is 4.23. The van der Waals surface area contributed by atoms with Gasteiger partial charge in [0, 0.05) is 18.2 Å². The van der Waals surface area contributed by atoms with Crippen LogP contribution in [0.4, 0.5) is 5.69 Å².